The predicted molar refractivity (Wildman–Crippen MR) is 67.3 cm³/mol. The molecule has 0 bridgehead atoms. The standard InChI is InChI=1S/C15H18F2O2/c1-18-12-4-2-10(3-5-12)8-19-9-11-6-13-14(7-11)15(13,16)17/h2-5,11,13-14H,6-9H2,1H3/t11-,13-,14+. The number of ether oxygens (including phenoxy) is 2. The summed E-state index contributed by atoms with van der Waals surface area (Å²) in [6, 6.07) is 7.70. The Kier molecular flexibility index (Phi) is 3.21. The molecule has 0 aromatic heterocycles. The molecule has 2 aliphatic carbocycles. The van der Waals surface area contributed by atoms with Gasteiger partial charge in [0.15, 0.2) is 0 Å². The maximum absolute atomic E-state index is 13.0. The van der Waals surface area contributed by atoms with E-state index in [1.807, 2.05) is 24.3 Å². The molecule has 2 aliphatic rings. The van der Waals surface area contributed by atoms with Gasteiger partial charge in [-0.15, -0.1) is 0 Å². The molecule has 0 saturated heterocycles. The van der Waals surface area contributed by atoms with Crippen LogP contribution >= 0.6 is 0 Å². The van der Waals surface area contributed by atoms with Crippen LogP contribution in [-0.2, 0) is 11.3 Å². The number of rotatable bonds is 5. The predicted octanol–water partition coefficient (Wildman–Crippen LogP) is 3.50. The molecule has 1 aromatic carbocycles. The number of fused-ring (bicyclic) bond motifs is 1. The van der Waals surface area contributed by atoms with Gasteiger partial charge in [0, 0.05) is 18.4 Å². The van der Waals surface area contributed by atoms with Crippen molar-refractivity contribution in [3.05, 3.63) is 29.8 Å². The van der Waals surface area contributed by atoms with Crippen LogP contribution in [0.4, 0.5) is 8.78 Å². The van der Waals surface area contributed by atoms with Crippen LogP contribution in [0.3, 0.4) is 0 Å². The molecule has 0 unspecified atom stereocenters. The third-order valence-electron chi connectivity index (χ3n) is 4.32. The average molecular weight is 268 g/mol. The smallest absolute Gasteiger partial charge is 0.254 e. The molecule has 4 heteroatoms. The maximum Gasteiger partial charge on any atom is 0.254 e. The lowest BCUT2D eigenvalue weighted by Crippen LogP contribution is -2.13. The number of methoxy groups -OCH3 is 1. The van der Waals surface area contributed by atoms with Gasteiger partial charge in [-0.1, -0.05) is 12.1 Å². The molecule has 2 fully saturated rings. The fourth-order valence-corrected chi connectivity index (χ4v) is 3.12. The Bertz CT molecular complexity index is 430. The lowest BCUT2D eigenvalue weighted by molar-refractivity contribution is 0.0376. The van der Waals surface area contributed by atoms with Gasteiger partial charge >= 0.3 is 0 Å². The first kappa shape index (κ1) is 12.9. The number of halogens is 2. The highest BCUT2D eigenvalue weighted by atomic mass is 19.3. The average Bonchev–Trinajstić information content (AvgIpc) is 2.80. The van der Waals surface area contributed by atoms with E-state index >= 15 is 0 Å². The Morgan fingerprint density at radius 3 is 2.37 bits per heavy atom. The molecule has 0 aliphatic heterocycles. The third-order valence-corrected chi connectivity index (χ3v) is 4.32. The summed E-state index contributed by atoms with van der Waals surface area (Å²) in [5.41, 5.74) is 1.08. The van der Waals surface area contributed by atoms with Crippen molar-refractivity contribution in [1.82, 2.24) is 0 Å². The van der Waals surface area contributed by atoms with Crippen LogP contribution in [0.25, 0.3) is 0 Å². The van der Waals surface area contributed by atoms with Crippen LogP contribution in [0.1, 0.15) is 18.4 Å². The minimum absolute atomic E-state index is 0.313. The van der Waals surface area contributed by atoms with Gasteiger partial charge in [0.05, 0.1) is 13.7 Å². The Balaban J connectivity index is 1.40. The molecule has 3 rings (SSSR count). The SMILES string of the molecule is COc1ccc(COC[C@@H]2C[C@@H]3[C@H](C2)C3(F)F)cc1. The van der Waals surface area contributed by atoms with Gasteiger partial charge in [-0.05, 0) is 36.5 Å². The number of alkyl halides is 2. The van der Waals surface area contributed by atoms with Crippen LogP contribution in [0.2, 0.25) is 0 Å². The summed E-state index contributed by atoms with van der Waals surface area (Å²) >= 11 is 0. The molecule has 2 saturated carbocycles. The molecule has 2 nitrogen and oxygen atoms in total. The molecule has 0 heterocycles. The number of benzene rings is 1. The van der Waals surface area contributed by atoms with Crippen LogP contribution in [-0.4, -0.2) is 19.6 Å². The van der Waals surface area contributed by atoms with E-state index in [-0.39, 0.29) is 11.8 Å². The highest BCUT2D eigenvalue weighted by Crippen LogP contribution is 2.65. The Hall–Kier alpha value is -1.16. The second-order valence-electron chi connectivity index (χ2n) is 5.59. The third kappa shape index (κ3) is 2.46. The van der Waals surface area contributed by atoms with E-state index in [4.69, 9.17) is 9.47 Å². The maximum atomic E-state index is 13.0. The Morgan fingerprint density at radius 1 is 1.16 bits per heavy atom. The minimum atomic E-state index is -2.37. The summed E-state index contributed by atoms with van der Waals surface area (Å²) in [5, 5.41) is 0. The molecular formula is C15H18F2O2. The summed E-state index contributed by atoms with van der Waals surface area (Å²) in [5.74, 6) is -1.95. The lowest BCUT2D eigenvalue weighted by atomic mass is 10.0. The van der Waals surface area contributed by atoms with Crippen molar-refractivity contribution in [2.45, 2.75) is 25.4 Å². The van der Waals surface area contributed by atoms with Gasteiger partial charge in [-0.25, -0.2) is 8.78 Å². The molecule has 3 atom stereocenters. The molecule has 19 heavy (non-hydrogen) atoms. The van der Waals surface area contributed by atoms with Gasteiger partial charge < -0.3 is 9.47 Å². The zero-order chi connectivity index (χ0) is 13.5. The van der Waals surface area contributed by atoms with Crippen LogP contribution in [0, 0.1) is 17.8 Å². The summed E-state index contributed by atoms with van der Waals surface area (Å²) in [6.07, 6.45) is 1.25. The monoisotopic (exact) mass is 268 g/mol. The minimum Gasteiger partial charge on any atom is -0.497 e. The highest BCUT2D eigenvalue weighted by Gasteiger charge is 2.71. The lowest BCUT2D eigenvalue weighted by Gasteiger charge is -2.14. The topological polar surface area (TPSA) is 18.5 Å². The fourth-order valence-electron chi connectivity index (χ4n) is 3.12. The van der Waals surface area contributed by atoms with Crippen molar-refractivity contribution < 1.29 is 18.3 Å². The van der Waals surface area contributed by atoms with Crippen molar-refractivity contribution in [2.24, 2.45) is 17.8 Å². The molecular weight excluding hydrogens is 250 g/mol. The van der Waals surface area contributed by atoms with E-state index in [0.29, 0.717) is 32.0 Å². The summed E-state index contributed by atoms with van der Waals surface area (Å²) in [4.78, 5) is 0. The number of hydrogen-bond donors (Lipinski definition) is 0. The van der Waals surface area contributed by atoms with Crippen LogP contribution in [0.5, 0.6) is 5.75 Å². The second kappa shape index (κ2) is 4.75. The van der Waals surface area contributed by atoms with E-state index in [2.05, 4.69) is 0 Å². The van der Waals surface area contributed by atoms with Gasteiger partial charge in [-0.2, -0.15) is 0 Å². The molecule has 0 amide bonds. The van der Waals surface area contributed by atoms with Crippen molar-refractivity contribution in [3.63, 3.8) is 0 Å². The van der Waals surface area contributed by atoms with E-state index in [9.17, 15) is 8.78 Å². The van der Waals surface area contributed by atoms with Gasteiger partial charge in [0.2, 0.25) is 0 Å². The van der Waals surface area contributed by atoms with E-state index < -0.39 is 5.92 Å². The van der Waals surface area contributed by atoms with Gasteiger partial charge in [0.25, 0.3) is 5.92 Å². The molecule has 0 N–H and O–H groups in total. The fraction of sp³-hybridized carbons (Fsp3) is 0.600. The normalized spacial score (nSPS) is 31.0. The Morgan fingerprint density at radius 2 is 1.79 bits per heavy atom. The van der Waals surface area contributed by atoms with E-state index in [1.54, 1.807) is 7.11 Å². The first-order chi connectivity index (χ1) is 9.11. The summed E-state index contributed by atoms with van der Waals surface area (Å²) < 4.78 is 36.7. The van der Waals surface area contributed by atoms with Crippen molar-refractivity contribution in [3.8, 4) is 5.75 Å². The van der Waals surface area contributed by atoms with Crippen LogP contribution in [0.15, 0.2) is 24.3 Å². The summed E-state index contributed by atoms with van der Waals surface area (Å²) in [7, 11) is 1.63. The van der Waals surface area contributed by atoms with Gasteiger partial charge in [0.1, 0.15) is 5.75 Å². The Labute approximate surface area is 111 Å². The highest BCUT2D eigenvalue weighted by molar-refractivity contribution is 5.26. The first-order valence-electron chi connectivity index (χ1n) is 6.69. The van der Waals surface area contributed by atoms with Crippen molar-refractivity contribution in [2.75, 3.05) is 13.7 Å². The quantitative estimate of drug-likeness (QED) is 0.813. The van der Waals surface area contributed by atoms with Crippen molar-refractivity contribution >= 4 is 0 Å². The molecule has 104 valence electrons. The largest absolute Gasteiger partial charge is 0.497 e. The van der Waals surface area contributed by atoms with E-state index in [1.165, 1.54) is 0 Å². The van der Waals surface area contributed by atoms with Crippen LogP contribution < -0.4 is 4.74 Å². The summed E-state index contributed by atoms with van der Waals surface area (Å²) in [6.45, 7) is 1.13. The van der Waals surface area contributed by atoms with Crippen molar-refractivity contribution in [1.29, 1.82) is 0 Å². The molecule has 0 radical (unpaired) electrons. The second-order valence-corrected chi connectivity index (χ2v) is 5.59. The first-order valence-corrected chi connectivity index (χ1v) is 6.69. The zero-order valence-electron chi connectivity index (χ0n) is 10.9. The number of hydrogen-bond acceptors (Lipinski definition) is 2. The zero-order valence-corrected chi connectivity index (χ0v) is 10.9. The van der Waals surface area contributed by atoms with E-state index in [0.717, 1.165) is 11.3 Å². The molecule has 1 aromatic rings. The van der Waals surface area contributed by atoms with Gasteiger partial charge in [-0.3, -0.25) is 0 Å². The molecule has 0 spiro atoms.